The first-order valence-electron chi connectivity index (χ1n) is 9.61. The van der Waals surface area contributed by atoms with Crippen molar-refractivity contribution < 1.29 is 9.18 Å². The van der Waals surface area contributed by atoms with Crippen LogP contribution in [0.1, 0.15) is 47.6 Å². The van der Waals surface area contributed by atoms with Crippen molar-refractivity contribution in [3.05, 3.63) is 76.9 Å². The number of halogens is 1. The van der Waals surface area contributed by atoms with Crippen molar-refractivity contribution in [1.29, 1.82) is 0 Å². The number of para-hydroxylation sites is 1. The Balaban J connectivity index is 1.80. The lowest BCUT2D eigenvalue weighted by molar-refractivity contribution is 0.0912. The summed E-state index contributed by atoms with van der Waals surface area (Å²) in [5.74, 6) is -0.0768. The lowest BCUT2D eigenvalue weighted by Crippen LogP contribution is -2.28. The number of hydrogen-bond donors (Lipinski definition) is 1. The van der Waals surface area contributed by atoms with Crippen LogP contribution in [0.3, 0.4) is 0 Å². The van der Waals surface area contributed by atoms with Gasteiger partial charge in [0.25, 0.3) is 0 Å². The van der Waals surface area contributed by atoms with E-state index in [1.807, 2.05) is 18.2 Å². The Morgan fingerprint density at radius 2 is 1.82 bits per heavy atom. The van der Waals surface area contributed by atoms with E-state index in [4.69, 9.17) is 4.98 Å². The smallest absolute Gasteiger partial charge is 0.165 e. The molecule has 2 aromatic heterocycles. The number of hydrogen-bond acceptors (Lipinski definition) is 2. The highest BCUT2D eigenvalue weighted by Crippen LogP contribution is 2.40. The number of aromatic nitrogens is 2. The number of nitrogens with one attached hydrogen (secondary N) is 1. The maximum Gasteiger partial charge on any atom is 0.165 e. The Morgan fingerprint density at radius 3 is 2.61 bits per heavy atom. The van der Waals surface area contributed by atoms with Crippen LogP contribution in [0, 0.1) is 11.2 Å². The average Bonchev–Trinajstić information content (AvgIpc) is 3.02. The number of Topliss-reactive ketones (excluding diaryl/α,β-unsaturated/α-hetero) is 1. The van der Waals surface area contributed by atoms with Gasteiger partial charge in [0.1, 0.15) is 5.82 Å². The van der Waals surface area contributed by atoms with E-state index in [1.54, 1.807) is 12.1 Å². The van der Waals surface area contributed by atoms with E-state index in [0.717, 1.165) is 50.7 Å². The Labute approximate surface area is 162 Å². The highest BCUT2D eigenvalue weighted by Gasteiger charge is 2.34. The second kappa shape index (κ2) is 5.99. The fraction of sp³-hybridized carbons (Fsp3) is 0.250. The zero-order valence-corrected chi connectivity index (χ0v) is 16.0. The SMILES string of the molecule is CC1(C)CC(=O)c2c(nc(Cc3ccc(F)cc3)c3[nH]c4ccccc4c23)C1. The Hall–Kier alpha value is -3.01. The molecule has 0 saturated carbocycles. The first-order chi connectivity index (χ1) is 13.4. The molecule has 1 aliphatic rings. The fourth-order valence-corrected chi connectivity index (χ4v) is 4.43. The van der Waals surface area contributed by atoms with Crippen LogP contribution in [-0.4, -0.2) is 15.8 Å². The van der Waals surface area contributed by atoms with E-state index in [9.17, 15) is 9.18 Å². The van der Waals surface area contributed by atoms with Gasteiger partial charge in [-0.05, 0) is 35.6 Å². The van der Waals surface area contributed by atoms with Gasteiger partial charge < -0.3 is 4.98 Å². The van der Waals surface area contributed by atoms with Crippen molar-refractivity contribution >= 4 is 27.6 Å². The third kappa shape index (κ3) is 2.71. The van der Waals surface area contributed by atoms with Crippen molar-refractivity contribution in [3.63, 3.8) is 0 Å². The summed E-state index contributed by atoms with van der Waals surface area (Å²) in [5, 5.41) is 2.04. The monoisotopic (exact) mass is 372 g/mol. The van der Waals surface area contributed by atoms with Gasteiger partial charge >= 0.3 is 0 Å². The fourth-order valence-electron chi connectivity index (χ4n) is 4.43. The minimum Gasteiger partial charge on any atom is -0.353 e. The standard InChI is InChI=1S/C24H21FN2O/c1-24(2)12-19-22(20(28)13-24)21-16-5-3-4-6-17(16)27-23(21)18(26-19)11-14-7-9-15(25)10-8-14/h3-10,27H,11-13H2,1-2H3. The Morgan fingerprint density at radius 1 is 1.07 bits per heavy atom. The van der Waals surface area contributed by atoms with E-state index >= 15 is 0 Å². The zero-order valence-electron chi connectivity index (χ0n) is 16.0. The molecule has 0 fully saturated rings. The number of ketones is 1. The van der Waals surface area contributed by atoms with Gasteiger partial charge in [0.05, 0.1) is 16.9 Å². The predicted octanol–water partition coefficient (Wildman–Crippen LogP) is 5.60. The minimum absolute atomic E-state index is 0.0932. The summed E-state index contributed by atoms with van der Waals surface area (Å²) >= 11 is 0. The average molecular weight is 372 g/mol. The lowest BCUT2D eigenvalue weighted by Gasteiger charge is -2.30. The topological polar surface area (TPSA) is 45.8 Å². The summed E-state index contributed by atoms with van der Waals surface area (Å²) in [6.07, 6.45) is 1.90. The van der Waals surface area contributed by atoms with Crippen LogP contribution in [0.2, 0.25) is 0 Å². The molecule has 0 spiro atoms. The largest absolute Gasteiger partial charge is 0.353 e. The van der Waals surface area contributed by atoms with E-state index in [0.29, 0.717) is 12.8 Å². The molecule has 0 aliphatic heterocycles. The van der Waals surface area contributed by atoms with Crippen molar-refractivity contribution in [2.75, 3.05) is 0 Å². The van der Waals surface area contributed by atoms with Gasteiger partial charge in [-0.2, -0.15) is 0 Å². The molecule has 1 N–H and O–H groups in total. The molecule has 5 rings (SSSR count). The summed E-state index contributed by atoms with van der Waals surface area (Å²) in [7, 11) is 0. The Bertz CT molecular complexity index is 1240. The van der Waals surface area contributed by atoms with Crippen molar-refractivity contribution in [1.82, 2.24) is 9.97 Å². The highest BCUT2D eigenvalue weighted by molar-refractivity contribution is 6.19. The molecule has 3 nitrogen and oxygen atoms in total. The highest BCUT2D eigenvalue weighted by atomic mass is 19.1. The summed E-state index contributed by atoms with van der Waals surface area (Å²) in [6, 6.07) is 14.6. The number of pyridine rings is 1. The second-order valence-corrected chi connectivity index (χ2v) is 8.54. The van der Waals surface area contributed by atoms with Crippen molar-refractivity contribution in [2.24, 2.45) is 5.41 Å². The third-order valence-electron chi connectivity index (χ3n) is 5.65. The van der Waals surface area contributed by atoms with Crippen LogP contribution >= 0.6 is 0 Å². The minimum atomic E-state index is -0.245. The molecular formula is C24H21FN2O. The molecule has 0 amide bonds. The summed E-state index contributed by atoms with van der Waals surface area (Å²) in [6.45, 7) is 4.24. The summed E-state index contributed by atoms with van der Waals surface area (Å²) in [5.41, 5.74) is 5.38. The number of nitrogens with zero attached hydrogens (tertiary/aromatic N) is 1. The van der Waals surface area contributed by atoms with Crippen LogP contribution in [0.5, 0.6) is 0 Å². The molecule has 0 radical (unpaired) electrons. The molecule has 0 atom stereocenters. The van der Waals surface area contributed by atoms with Gasteiger partial charge in [-0.15, -0.1) is 0 Å². The molecule has 0 saturated heterocycles. The van der Waals surface area contributed by atoms with Gasteiger partial charge in [-0.1, -0.05) is 44.2 Å². The van der Waals surface area contributed by atoms with Gasteiger partial charge in [0.15, 0.2) is 5.78 Å². The van der Waals surface area contributed by atoms with Crippen molar-refractivity contribution in [3.8, 4) is 0 Å². The van der Waals surface area contributed by atoms with E-state index in [-0.39, 0.29) is 17.0 Å². The normalized spacial score (nSPS) is 15.9. The lowest BCUT2D eigenvalue weighted by atomic mass is 9.74. The maximum atomic E-state index is 13.3. The molecule has 0 unspecified atom stereocenters. The molecule has 2 aromatic carbocycles. The van der Waals surface area contributed by atoms with Crippen LogP contribution in [0.25, 0.3) is 21.8 Å². The molecular weight excluding hydrogens is 351 g/mol. The number of rotatable bonds is 2. The van der Waals surface area contributed by atoms with Crippen LogP contribution < -0.4 is 0 Å². The van der Waals surface area contributed by atoms with Gasteiger partial charge in [0, 0.05) is 34.7 Å². The second-order valence-electron chi connectivity index (χ2n) is 8.54. The summed E-state index contributed by atoms with van der Waals surface area (Å²) < 4.78 is 13.3. The number of carbonyl (C=O) groups excluding carboxylic acids is 1. The summed E-state index contributed by atoms with van der Waals surface area (Å²) in [4.78, 5) is 21.5. The van der Waals surface area contributed by atoms with Crippen molar-refractivity contribution in [2.45, 2.75) is 33.1 Å². The van der Waals surface area contributed by atoms with Gasteiger partial charge in [-0.3, -0.25) is 9.78 Å². The van der Waals surface area contributed by atoms with Gasteiger partial charge in [-0.25, -0.2) is 4.39 Å². The first kappa shape index (κ1) is 17.1. The third-order valence-corrected chi connectivity index (χ3v) is 5.65. The molecule has 4 aromatic rings. The van der Waals surface area contributed by atoms with E-state index < -0.39 is 0 Å². The first-order valence-corrected chi connectivity index (χ1v) is 9.61. The Kier molecular flexibility index (Phi) is 3.66. The quantitative estimate of drug-likeness (QED) is 0.498. The van der Waals surface area contributed by atoms with Crippen LogP contribution in [-0.2, 0) is 12.8 Å². The molecule has 1 aliphatic carbocycles. The maximum absolute atomic E-state index is 13.3. The molecule has 140 valence electrons. The zero-order chi connectivity index (χ0) is 19.5. The number of H-pyrrole nitrogens is 1. The molecule has 28 heavy (non-hydrogen) atoms. The number of aromatic amines is 1. The van der Waals surface area contributed by atoms with E-state index in [2.05, 4.69) is 24.9 Å². The number of carbonyl (C=O) groups is 1. The number of benzene rings is 2. The molecule has 2 heterocycles. The van der Waals surface area contributed by atoms with E-state index in [1.165, 1.54) is 12.1 Å². The number of fused-ring (bicyclic) bond motifs is 5. The predicted molar refractivity (Wildman–Crippen MR) is 109 cm³/mol. The molecule has 4 heteroatoms. The van der Waals surface area contributed by atoms with Crippen LogP contribution in [0.4, 0.5) is 4.39 Å². The van der Waals surface area contributed by atoms with Crippen LogP contribution in [0.15, 0.2) is 48.5 Å². The van der Waals surface area contributed by atoms with Gasteiger partial charge in [0.2, 0.25) is 0 Å². The molecule has 0 bridgehead atoms.